The number of carbonyl (C=O) groups excluding carboxylic acids is 1. The molecule has 0 aliphatic carbocycles. The van der Waals surface area contributed by atoms with Crippen LogP contribution in [0.25, 0.3) is 0 Å². The number of nitrogens with one attached hydrogen (secondary N) is 1. The molecule has 0 aliphatic rings. The van der Waals surface area contributed by atoms with E-state index in [1.807, 2.05) is 32.9 Å². The van der Waals surface area contributed by atoms with Gasteiger partial charge in [0, 0.05) is 17.6 Å². The Kier molecular flexibility index (Phi) is 7.62. The molecule has 0 aromatic carbocycles. The van der Waals surface area contributed by atoms with Gasteiger partial charge in [-0.15, -0.1) is 0 Å². The Hall–Kier alpha value is -0.660. The molecule has 1 heterocycles. The van der Waals surface area contributed by atoms with E-state index in [1.165, 1.54) is 0 Å². The molecule has 7 heteroatoms. The summed E-state index contributed by atoms with van der Waals surface area (Å²) in [5, 5.41) is 2.68. The van der Waals surface area contributed by atoms with Crippen molar-refractivity contribution in [1.29, 1.82) is 0 Å². The fraction of sp³-hybridized carbons (Fsp3) is 0.571. The fourth-order valence-corrected chi connectivity index (χ4v) is 2.09. The molecule has 0 radical (unpaired) electrons. The van der Waals surface area contributed by atoms with Crippen LogP contribution in [0.3, 0.4) is 0 Å². The van der Waals surface area contributed by atoms with Crippen LogP contribution in [-0.2, 0) is 16.1 Å². The topological polar surface area (TPSA) is 60.5 Å². The van der Waals surface area contributed by atoms with Crippen molar-refractivity contribution in [3.63, 3.8) is 0 Å². The molecule has 118 valence electrons. The smallest absolute Gasteiger partial charge is 0.407 e. The van der Waals surface area contributed by atoms with E-state index in [9.17, 15) is 4.79 Å². The second-order valence-electron chi connectivity index (χ2n) is 5.40. The molecular weight excluding hydrogens is 404 g/mol. The first-order valence-corrected chi connectivity index (χ1v) is 8.22. The molecule has 1 aromatic rings. The van der Waals surface area contributed by atoms with Crippen LogP contribution in [0.1, 0.15) is 32.9 Å². The predicted octanol–water partition coefficient (Wildman–Crippen LogP) is 4.04. The number of ether oxygens (including phenoxy) is 2. The average Bonchev–Trinajstić information content (AvgIpc) is 2.35. The first kappa shape index (κ1) is 18.4. The van der Waals surface area contributed by atoms with Gasteiger partial charge in [-0.2, -0.15) is 0 Å². The monoisotopic (exact) mass is 422 g/mol. The summed E-state index contributed by atoms with van der Waals surface area (Å²) in [6.45, 7) is 6.97. The van der Waals surface area contributed by atoms with E-state index in [0.29, 0.717) is 26.2 Å². The van der Waals surface area contributed by atoms with Crippen LogP contribution >= 0.6 is 31.9 Å². The van der Waals surface area contributed by atoms with Gasteiger partial charge < -0.3 is 14.8 Å². The van der Waals surface area contributed by atoms with Crippen molar-refractivity contribution in [2.24, 2.45) is 0 Å². The number of amides is 1. The highest BCUT2D eigenvalue weighted by atomic mass is 79.9. The molecule has 0 saturated carbocycles. The molecule has 1 N–H and O–H groups in total. The van der Waals surface area contributed by atoms with E-state index in [2.05, 4.69) is 42.2 Å². The standard InChI is InChI=1S/C14H20Br2N2O3/c1-14(2,3)21-13(19)17-7-4-8-20-9-11-10(15)5-6-12(16)18-11/h5-6H,4,7-9H2,1-3H3,(H,17,19). The molecule has 1 rings (SSSR count). The highest BCUT2D eigenvalue weighted by molar-refractivity contribution is 9.11. The third-order valence-electron chi connectivity index (χ3n) is 2.26. The number of hydrogen-bond donors (Lipinski definition) is 1. The number of nitrogens with zero attached hydrogens (tertiary/aromatic N) is 1. The third kappa shape index (κ3) is 8.38. The fourth-order valence-electron chi connectivity index (χ4n) is 1.41. The van der Waals surface area contributed by atoms with E-state index >= 15 is 0 Å². The molecular formula is C14H20Br2N2O3. The molecule has 1 aromatic heterocycles. The maximum atomic E-state index is 11.4. The molecule has 1 amide bonds. The van der Waals surface area contributed by atoms with Crippen molar-refractivity contribution in [2.75, 3.05) is 13.2 Å². The van der Waals surface area contributed by atoms with Gasteiger partial charge in [-0.3, -0.25) is 0 Å². The van der Waals surface area contributed by atoms with E-state index in [-0.39, 0.29) is 0 Å². The van der Waals surface area contributed by atoms with Crippen molar-refractivity contribution in [3.8, 4) is 0 Å². The van der Waals surface area contributed by atoms with Crippen LogP contribution in [0.4, 0.5) is 4.79 Å². The first-order valence-electron chi connectivity index (χ1n) is 6.63. The first-order chi connectivity index (χ1) is 9.78. The van der Waals surface area contributed by atoms with Gasteiger partial charge in [-0.25, -0.2) is 9.78 Å². The van der Waals surface area contributed by atoms with Crippen molar-refractivity contribution in [2.45, 2.75) is 39.4 Å². The van der Waals surface area contributed by atoms with Gasteiger partial charge in [-0.05, 0) is 71.2 Å². The molecule has 0 bridgehead atoms. The quantitative estimate of drug-likeness (QED) is 0.554. The van der Waals surface area contributed by atoms with Crippen LogP contribution in [0.2, 0.25) is 0 Å². The molecule has 0 spiro atoms. The lowest BCUT2D eigenvalue weighted by atomic mass is 10.2. The van der Waals surface area contributed by atoms with E-state index in [0.717, 1.165) is 14.8 Å². The molecule has 0 fully saturated rings. The Morgan fingerprint density at radius 2 is 2.05 bits per heavy atom. The molecule has 21 heavy (non-hydrogen) atoms. The van der Waals surface area contributed by atoms with E-state index in [4.69, 9.17) is 9.47 Å². The molecule has 0 saturated heterocycles. The molecule has 0 unspecified atom stereocenters. The summed E-state index contributed by atoms with van der Waals surface area (Å²) in [5.41, 5.74) is 0.364. The van der Waals surface area contributed by atoms with Crippen molar-refractivity contribution >= 4 is 38.0 Å². The van der Waals surface area contributed by atoms with Gasteiger partial charge in [0.25, 0.3) is 0 Å². The summed E-state index contributed by atoms with van der Waals surface area (Å²) >= 11 is 6.74. The number of hydrogen-bond acceptors (Lipinski definition) is 4. The van der Waals surface area contributed by atoms with Crippen molar-refractivity contribution in [1.82, 2.24) is 10.3 Å². The van der Waals surface area contributed by atoms with Gasteiger partial charge in [0.05, 0.1) is 12.3 Å². The lowest BCUT2D eigenvalue weighted by Gasteiger charge is -2.19. The normalized spacial score (nSPS) is 11.3. The van der Waals surface area contributed by atoms with Crippen LogP contribution in [0.5, 0.6) is 0 Å². The Morgan fingerprint density at radius 3 is 2.71 bits per heavy atom. The second-order valence-corrected chi connectivity index (χ2v) is 7.06. The van der Waals surface area contributed by atoms with Gasteiger partial charge in [0.15, 0.2) is 0 Å². The average molecular weight is 424 g/mol. The number of carbonyl (C=O) groups is 1. The van der Waals surface area contributed by atoms with Crippen LogP contribution in [0, 0.1) is 0 Å². The minimum atomic E-state index is -0.473. The van der Waals surface area contributed by atoms with Crippen LogP contribution < -0.4 is 5.32 Å². The Balaban J connectivity index is 2.15. The van der Waals surface area contributed by atoms with Gasteiger partial charge in [0.1, 0.15) is 10.2 Å². The summed E-state index contributed by atoms with van der Waals surface area (Å²) in [6, 6.07) is 3.78. The van der Waals surface area contributed by atoms with Crippen molar-refractivity contribution < 1.29 is 14.3 Å². The predicted molar refractivity (Wildman–Crippen MR) is 88.1 cm³/mol. The van der Waals surface area contributed by atoms with Gasteiger partial charge >= 0.3 is 6.09 Å². The highest BCUT2D eigenvalue weighted by Gasteiger charge is 2.15. The lowest BCUT2D eigenvalue weighted by Crippen LogP contribution is -2.33. The maximum absolute atomic E-state index is 11.4. The zero-order valence-electron chi connectivity index (χ0n) is 12.4. The SMILES string of the molecule is CC(C)(C)OC(=O)NCCCOCc1nc(Br)ccc1Br. The molecule has 0 aliphatic heterocycles. The maximum Gasteiger partial charge on any atom is 0.407 e. The largest absolute Gasteiger partial charge is 0.444 e. The summed E-state index contributed by atoms with van der Waals surface area (Å²) in [7, 11) is 0. The third-order valence-corrected chi connectivity index (χ3v) is 3.42. The molecule has 5 nitrogen and oxygen atoms in total. The van der Waals surface area contributed by atoms with E-state index in [1.54, 1.807) is 0 Å². The van der Waals surface area contributed by atoms with Crippen LogP contribution in [-0.4, -0.2) is 29.8 Å². The van der Waals surface area contributed by atoms with Gasteiger partial charge in [0.2, 0.25) is 0 Å². The minimum Gasteiger partial charge on any atom is -0.444 e. The highest BCUT2D eigenvalue weighted by Crippen LogP contribution is 2.18. The van der Waals surface area contributed by atoms with E-state index < -0.39 is 11.7 Å². The zero-order valence-corrected chi connectivity index (χ0v) is 15.6. The summed E-state index contributed by atoms with van der Waals surface area (Å²) in [5.74, 6) is 0. The summed E-state index contributed by atoms with van der Waals surface area (Å²) in [6.07, 6.45) is 0.309. The zero-order chi connectivity index (χ0) is 15.9. The van der Waals surface area contributed by atoms with Crippen molar-refractivity contribution in [3.05, 3.63) is 26.9 Å². The second kappa shape index (κ2) is 8.70. The Bertz CT molecular complexity index is 476. The Morgan fingerprint density at radius 1 is 1.33 bits per heavy atom. The minimum absolute atomic E-state index is 0.404. The van der Waals surface area contributed by atoms with Crippen LogP contribution in [0.15, 0.2) is 21.2 Å². The number of alkyl carbamates (subject to hydrolysis) is 1. The summed E-state index contributed by atoms with van der Waals surface area (Å²) < 4.78 is 12.4. The Labute approximate surface area is 142 Å². The molecule has 0 atom stereocenters. The number of rotatable bonds is 6. The number of pyridine rings is 1. The lowest BCUT2D eigenvalue weighted by molar-refractivity contribution is 0.0517. The van der Waals surface area contributed by atoms with Gasteiger partial charge in [-0.1, -0.05) is 0 Å². The number of halogens is 2. The number of aromatic nitrogens is 1. The summed E-state index contributed by atoms with van der Waals surface area (Å²) in [4.78, 5) is 15.7.